The van der Waals surface area contributed by atoms with Crippen molar-refractivity contribution in [3.63, 3.8) is 0 Å². The number of urea groups is 1. The van der Waals surface area contributed by atoms with Crippen LogP contribution in [0.5, 0.6) is 0 Å². The van der Waals surface area contributed by atoms with Crippen molar-refractivity contribution in [2.45, 2.75) is 26.1 Å². The van der Waals surface area contributed by atoms with Crippen LogP contribution in [0, 0.1) is 0 Å². The van der Waals surface area contributed by atoms with Crippen LogP contribution in [0.1, 0.15) is 13.8 Å². The molecule has 1 saturated heterocycles. The Hall–Kier alpha value is -1.87. The number of hydrogen-bond acceptors (Lipinski definition) is 5. The van der Waals surface area contributed by atoms with Gasteiger partial charge in [0.05, 0.1) is 16.7 Å². The van der Waals surface area contributed by atoms with Crippen LogP contribution in [-0.2, 0) is 11.5 Å². The van der Waals surface area contributed by atoms with Crippen molar-refractivity contribution in [1.82, 2.24) is 20.0 Å². The Balaban J connectivity index is 0.000000177. The van der Waals surface area contributed by atoms with Gasteiger partial charge in [-0.15, -0.1) is 0 Å². The molecule has 3 amide bonds. The third-order valence-electron chi connectivity index (χ3n) is 3.62. The summed E-state index contributed by atoms with van der Waals surface area (Å²) in [6.45, 7) is 2.52. The Bertz CT molecular complexity index is 790. The summed E-state index contributed by atoms with van der Waals surface area (Å²) in [6.07, 6.45) is 1.61. The number of fused-ring (bicyclic) bond motifs is 1. The fourth-order valence-electron chi connectivity index (χ4n) is 2.19. The molecule has 130 valence electrons. The minimum Gasteiger partial charge on any atom is -0.376 e. The molecule has 3 N–H and O–H groups in total. The monoisotopic (exact) mass is 374 g/mol. The first-order valence-electron chi connectivity index (χ1n) is 6.87. The number of carbonyl (C=O) groups is 2. The Morgan fingerprint density at radius 2 is 1.88 bits per heavy atom. The highest BCUT2D eigenvalue weighted by atomic mass is 35.5. The number of rotatable bonds is 2. The predicted molar refractivity (Wildman–Crippen MR) is 88.5 cm³/mol. The fourth-order valence-corrected chi connectivity index (χ4v) is 2.80. The fraction of sp³-hybridized carbons (Fsp3) is 0.357. The second-order valence-electron chi connectivity index (χ2n) is 5.50. The van der Waals surface area contributed by atoms with E-state index in [4.69, 9.17) is 33.4 Å². The lowest BCUT2D eigenvalue weighted by atomic mass is 10.1. The van der Waals surface area contributed by atoms with Crippen LogP contribution in [0.15, 0.2) is 18.3 Å². The van der Waals surface area contributed by atoms with E-state index in [2.05, 4.69) is 10.4 Å². The van der Waals surface area contributed by atoms with Crippen LogP contribution < -0.4 is 5.32 Å². The quantitative estimate of drug-likeness (QED) is 0.691. The lowest BCUT2D eigenvalue weighted by molar-refractivity contribution is -0.126. The molecule has 0 bridgehead atoms. The van der Waals surface area contributed by atoms with Gasteiger partial charge in [0, 0.05) is 10.4 Å². The minimum atomic E-state index is -0.925. The SMILES string of the molecule is CC1(C)C(=O)NC(=O)N1CO.OCn1ncc2cc(Cl)cc(Cl)c21. The zero-order valence-electron chi connectivity index (χ0n) is 13.0. The number of halogens is 2. The first kappa shape index (κ1) is 18.5. The first-order valence-corrected chi connectivity index (χ1v) is 7.63. The maximum Gasteiger partial charge on any atom is 0.326 e. The summed E-state index contributed by atoms with van der Waals surface area (Å²) in [7, 11) is 0. The highest BCUT2D eigenvalue weighted by molar-refractivity contribution is 6.38. The van der Waals surface area contributed by atoms with E-state index in [1.807, 2.05) is 0 Å². The predicted octanol–water partition coefficient (Wildman–Crippen LogP) is 1.56. The van der Waals surface area contributed by atoms with E-state index >= 15 is 0 Å². The van der Waals surface area contributed by atoms with Crippen LogP contribution in [-0.4, -0.2) is 49.1 Å². The molecule has 1 fully saturated rings. The molecule has 1 aromatic heterocycles. The van der Waals surface area contributed by atoms with Gasteiger partial charge in [-0.05, 0) is 26.0 Å². The number of nitrogens with one attached hydrogen (secondary N) is 1. The number of imide groups is 1. The largest absolute Gasteiger partial charge is 0.376 e. The van der Waals surface area contributed by atoms with Crippen molar-refractivity contribution >= 4 is 46.0 Å². The molecule has 0 unspecified atom stereocenters. The smallest absolute Gasteiger partial charge is 0.326 e. The number of carbonyl (C=O) groups excluding carboxylic acids is 2. The number of aromatic nitrogens is 2. The van der Waals surface area contributed by atoms with Crippen LogP contribution in [0.2, 0.25) is 10.0 Å². The van der Waals surface area contributed by atoms with E-state index in [0.717, 1.165) is 10.3 Å². The number of amides is 3. The molecule has 0 saturated carbocycles. The zero-order chi connectivity index (χ0) is 18.1. The van der Waals surface area contributed by atoms with Gasteiger partial charge < -0.3 is 10.2 Å². The lowest BCUT2D eigenvalue weighted by Gasteiger charge is -2.24. The van der Waals surface area contributed by atoms with E-state index in [9.17, 15) is 9.59 Å². The van der Waals surface area contributed by atoms with Gasteiger partial charge in [-0.3, -0.25) is 15.0 Å². The molecular weight excluding hydrogens is 359 g/mol. The standard InChI is InChI=1S/C8H6Cl2N2O.C6H10N2O3/c9-6-1-5-3-11-12(4-13)8(5)7(10)2-6;1-6(2)4(10)7-5(11)8(6)3-9/h1-3,13H,4H2;9H,3H2,1-2H3,(H,7,10,11). The number of nitrogens with zero attached hydrogens (tertiary/aromatic N) is 3. The average Bonchev–Trinajstić information content (AvgIpc) is 2.98. The third-order valence-corrected chi connectivity index (χ3v) is 4.13. The highest BCUT2D eigenvalue weighted by Crippen LogP contribution is 2.27. The van der Waals surface area contributed by atoms with Crippen LogP contribution >= 0.6 is 23.2 Å². The molecule has 2 aromatic rings. The molecule has 1 aromatic carbocycles. The van der Waals surface area contributed by atoms with Crippen LogP contribution in [0.25, 0.3) is 10.9 Å². The second kappa shape index (κ2) is 6.94. The summed E-state index contributed by atoms with van der Waals surface area (Å²) in [6, 6.07) is 2.84. The third kappa shape index (κ3) is 3.32. The molecule has 0 atom stereocenters. The van der Waals surface area contributed by atoms with Gasteiger partial charge >= 0.3 is 6.03 Å². The summed E-state index contributed by atoms with van der Waals surface area (Å²) in [5, 5.41) is 25.6. The highest BCUT2D eigenvalue weighted by Gasteiger charge is 2.44. The van der Waals surface area contributed by atoms with Gasteiger partial charge in [0.15, 0.2) is 0 Å². The summed E-state index contributed by atoms with van der Waals surface area (Å²) in [4.78, 5) is 22.9. The summed E-state index contributed by atoms with van der Waals surface area (Å²) in [5.41, 5.74) is -0.222. The Labute approximate surface area is 147 Å². The van der Waals surface area contributed by atoms with Gasteiger partial charge in [0.25, 0.3) is 5.91 Å². The summed E-state index contributed by atoms with van der Waals surface area (Å²) in [5.74, 6) is -0.378. The minimum absolute atomic E-state index is 0.190. The first-order chi connectivity index (χ1) is 11.2. The van der Waals surface area contributed by atoms with Crippen molar-refractivity contribution in [1.29, 1.82) is 0 Å². The Morgan fingerprint density at radius 3 is 2.33 bits per heavy atom. The number of aliphatic hydroxyl groups excluding tert-OH is 2. The van der Waals surface area contributed by atoms with E-state index in [1.165, 1.54) is 4.68 Å². The van der Waals surface area contributed by atoms with E-state index in [0.29, 0.717) is 15.6 Å². The van der Waals surface area contributed by atoms with Crippen LogP contribution in [0.4, 0.5) is 4.79 Å². The van der Waals surface area contributed by atoms with E-state index in [1.54, 1.807) is 32.2 Å². The summed E-state index contributed by atoms with van der Waals surface area (Å²) >= 11 is 11.7. The van der Waals surface area contributed by atoms with Gasteiger partial charge in [-0.2, -0.15) is 5.10 Å². The van der Waals surface area contributed by atoms with E-state index in [-0.39, 0.29) is 12.6 Å². The molecule has 1 aliphatic rings. The second-order valence-corrected chi connectivity index (χ2v) is 6.34. The number of hydrogen-bond donors (Lipinski definition) is 3. The molecule has 2 heterocycles. The molecule has 3 rings (SSSR count). The summed E-state index contributed by atoms with van der Waals surface area (Å²) < 4.78 is 1.41. The van der Waals surface area contributed by atoms with Crippen molar-refractivity contribution < 1.29 is 19.8 Å². The molecular formula is C14H16Cl2N4O4. The maximum atomic E-state index is 11.0. The molecule has 0 radical (unpaired) electrons. The van der Waals surface area contributed by atoms with Crippen molar-refractivity contribution in [2.24, 2.45) is 0 Å². The Morgan fingerprint density at radius 1 is 1.21 bits per heavy atom. The lowest BCUT2D eigenvalue weighted by Crippen LogP contribution is -2.44. The normalized spacial score (nSPS) is 16.2. The van der Waals surface area contributed by atoms with E-state index < -0.39 is 18.3 Å². The molecule has 0 spiro atoms. The van der Waals surface area contributed by atoms with Crippen molar-refractivity contribution in [3.05, 3.63) is 28.4 Å². The molecule has 24 heavy (non-hydrogen) atoms. The zero-order valence-corrected chi connectivity index (χ0v) is 14.5. The molecule has 0 aliphatic carbocycles. The van der Waals surface area contributed by atoms with Crippen LogP contribution in [0.3, 0.4) is 0 Å². The van der Waals surface area contributed by atoms with Gasteiger partial charge in [0.1, 0.15) is 19.0 Å². The number of aliphatic hydroxyl groups is 2. The molecule has 1 aliphatic heterocycles. The number of benzene rings is 1. The van der Waals surface area contributed by atoms with Gasteiger partial charge in [-0.25, -0.2) is 9.48 Å². The van der Waals surface area contributed by atoms with Gasteiger partial charge in [0.2, 0.25) is 0 Å². The molecule has 10 heteroatoms. The average molecular weight is 375 g/mol. The Kier molecular flexibility index (Phi) is 5.34. The van der Waals surface area contributed by atoms with Crippen molar-refractivity contribution in [3.8, 4) is 0 Å². The molecule has 8 nitrogen and oxygen atoms in total. The van der Waals surface area contributed by atoms with Crippen molar-refractivity contribution in [2.75, 3.05) is 6.73 Å². The maximum absolute atomic E-state index is 11.0. The van der Waals surface area contributed by atoms with Gasteiger partial charge in [-0.1, -0.05) is 23.2 Å². The topological polar surface area (TPSA) is 108 Å².